The van der Waals surface area contributed by atoms with Gasteiger partial charge in [-0.25, -0.2) is 4.98 Å². The van der Waals surface area contributed by atoms with Crippen molar-refractivity contribution in [3.05, 3.63) is 83.3 Å². The number of pyridine rings is 1. The van der Waals surface area contributed by atoms with E-state index in [1.54, 1.807) is 0 Å². The summed E-state index contributed by atoms with van der Waals surface area (Å²) in [6, 6.07) is 26.5. The van der Waals surface area contributed by atoms with E-state index in [1.807, 2.05) is 55.5 Å². The monoisotopic (exact) mass is 477 g/mol. The minimum Gasteiger partial charge on any atom is -0.465 e. The van der Waals surface area contributed by atoms with Crippen LogP contribution in [0.2, 0.25) is 0 Å². The highest BCUT2D eigenvalue weighted by molar-refractivity contribution is 9.10. The predicted molar refractivity (Wildman–Crippen MR) is 128 cm³/mol. The van der Waals surface area contributed by atoms with E-state index in [-0.39, 0.29) is 11.7 Å². The smallest absolute Gasteiger partial charge is 0.316 e. The Kier molecular flexibility index (Phi) is 6.50. The molecule has 30 heavy (non-hydrogen) atoms. The first-order valence-corrected chi connectivity index (χ1v) is 11.5. The highest BCUT2D eigenvalue weighted by Gasteiger charge is 2.20. The third-order valence-electron chi connectivity index (χ3n) is 4.65. The van der Waals surface area contributed by atoms with Crippen molar-refractivity contribution in [2.75, 3.05) is 12.4 Å². The lowest BCUT2D eigenvalue weighted by Gasteiger charge is -2.17. The fourth-order valence-electron chi connectivity index (χ4n) is 3.38. The zero-order valence-electron chi connectivity index (χ0n) is 16.5. The van der Waals surface area contributed by atoms with Crippen molar-refractivity contribution in [3.8, 4) is 22.4 Å². The molecule has 0 N–H and O–H groups in total. The van der Waals surface area contributed by atoms with Gasteiger partial charge in [0.15, 0.2) is 0 Å². The van der Waals surface area contributed by atoms with E-state index in [0.717, 1.165) is 42.7 Å². The number of aromatic nitrogens is 1. The number of nitrogens with zero attached hydrogens (tertiary/aromatic N) is 1. The Labute approximate surface area is 188 Å². The van der Waals surface area contributed by atoms with Crippen LogP contribution in [0.15, 0.2) is 88.2 Å². The van der Waals surface area contributed by atoms with E-state index in [9.17, 15) is 4.79 Å². The summed E-state index contributed by atoms with van der Waals surface area (Å²) in [7, 11) is 0. The second-order valence-electron chi connectivity index (χ2n) is 6.65. The van der Waals surface area contributed by atoms with Crippen LogP contribution in [0.3, 0.4) is 0 Å². The van der Waals surface area contributed by atoms with Crippen LogP contribution in [0.4, 0.5) is 0 Å². The molecule has 0 atom stereocenters. The SMILES string of the molecule is CCOC(=O)CSc1c(-c2ccccc2)nc2ccc(Br)cc2c1-c1ccccc1. The van der Waals surface area contributed by atoms with Gasteiger partial charge in [0.2, 0.25) is 0 Å². The summed E-state index contributed by atoms with van der Waals surface area (Å²) >= 11 is 5.08. The molecule has 0 spiro atoms. The van der Waals surface area contributed by atoms with E-state index < -0.39 is 0 Å². The number of fused-ring (bicyclic) bond motifs is 1. The number of hydrogen-bond donors (Lipinski definition) is 0. The summed E-state index contributed by atoms with van der Waals surface area (Å²) in [5, 5.41) is 1.04. The quantitative estimate of drug-likeness (QED) is 0.221. The maximum Gasteiger partial charge on any atom is 0.316 e. The molecular weight excluding hydrogens is 458 g/mol. The van der Waals surface area contributed by atoms with Gasteiger partial charge in [0.25, 0.3) is 0 Å². The average molecular weight is 478 g/mol. The van der Waals surface area contributed by atoms with Crippen molar-refractivity contribution in [1.29, 1.82) is 0 Å². The highest BCUT2D eigenvalue weighted by atomic mass is 79.9. The number of ether oxygens (including phenoxy) is 1. The first-order chi connectivity index (χ1) is 14.7. The maximum absolute atomic E-state index is 12.2. The van der Waals surface area contributed by atoms with Crippen LogP contribution in [-0.4, -0.2) is 23.3 Å². The number of halogens is 1. The van der Waals surface area contributed by atoms with Gasteiger partial charge in [0.05, 0.1) is 23.6 Å². The zero-order valence-corrected chi connectivity index (χ0v) is 18.9. The molecule has 150 valence electrons. The Balaban J connectivity index is 2.00. The van der Waals surface area contributed by atoms with Gasteiger partial charge in [-0.15, -0.1) is 11.8 Å². The van der Waals surface area contributed by atoms with Crippen LogP contribution >= 0.6 is 27.7 Å². The van der Waals surface area contributed by atoms with Gasteiger partial charge in [0, 0.05) is 25.9 Å². The number of rotatable bonds is 6. The summed E-state index contributed by atoms with van der Waals surface area (Å²) in [6.45, 7) is 2.20. The topological polar surface area (TPSA) is 39.2 Å². The number of carbonyl (C=O) groups is 1. The number of thioether (sulfide) groups is 1. The molecule has 1 heterocycles. The Morgan fingerprint density at radius 2 is 1.63 bits per heavy atom. The molecule has 0 saturated heterocycles. The molecule has 0 aliphatic heterocycles. The minimum atomic E-state index is -0.227. The summed E-state index contributed by atoms with van der Waals surface area (Å²) < 4.78 is 6.16. The van der Waals surface area contributed by atoms with E-state index >= 15 is 0 Å². The van der Waals surface area contributed by atoms with Gasteiger partial charge in [0.1, 0.15) is 0 Å². The van der Waals surface area contributed by atoms with E-state index in [0.29, 0.717) is 6.61 Å². The molecule has 0 bridgehead atoms. The Morgan fingerprint density at radius 3 is 2.30 bits per heavy atom. The lowest BCUT2D eigenvalue weighted by atomic mass is 9.98. The lowest BCUT2D eigenvalue weighted by molar-refractivity contribution is -0.139. The molecule has 0 saturated carbocycles. The van der Waals surface area contributed by atoms with Crippen molar-refractivity contribution >= 4 is 44.6 Å². The van der Waals surface area contributed by atoms with Crippen LogP contribution in [0.5, 0.6) is 0 Å². The summed E-state index contributed by atoms with van der Waals surface area (Å²) in [5.41, 5.74) is 4.97. The fourth-order valence-corrected chi connectivity index (χ4v) is 4.75. The molecule has 0 aliphatic rings. The molecule has 0 radical (unpaired) electrons. The second-order valence-corrected chi connectivity index (χ2v) is 8.55. The van der Waals surface area contributed by atoms with Crippen molar-refractivity contribution in [2.45, 2.75) is 11.8 Å². The Bertz CT molecular complexity index is 1180. The summed E-state index contributed by atoms with van der Waals surface area (Å²) in [6.07, 6.45) is 0. The molecule has 4 aromatic rings. The largest absolute Gasteiger partial charge is 0.465 e. The van der Waals surface area contributed by atoms with Crippen molar-refractivity contribution < 1.29 is 9.53 Å². The van der Waals surface area contributed by atoms with Gasteiger partial charge in [-0.3, -0.25) is 4.79 Å². The van der Waals surface area contributed by atoms with Gasteiger partial charge in [-0.1, -0.05) is 76.6 Å². The molecule has 0 unspecified atom stereocenters. The second kappa shape index (κ2) is 9.45. The third-order valence-corrected chi connectivity index (χ3v) is 6.21. The molecular formula is C25H20BrNO2S. The van der Waals surface area contributed by atoms with E-state index in [2.05, 4.69) is 46.3 Å². The van der Waals surface area contributed by atoms with Crippen LogP contribution in [0, 0.1) is 0 Å². The van der Waals surface area contributed by atoms with Crippen LogP contribution in [0.1, 0.15) is 6.92 Å². The molecule has 5 heteroatoms. The number of esters is 1. The molecule has 3 nitrogen and oxygen atoms in total. The molecule has 0 fully saturated rings. The maximum atomic E-state index is 12.2. The highest BCUT2D eigenvalue weighted by Crippen LogP contribution is 2.43. The third kappa shape index (κ3) is 4.42. The fraction of sp³-hybridized carbons (Fsp3) is 0.120. The average Bonchev–Trinajstić information content (AvgIpc) is 2.78. The van der Waals surface area contributed by atoms with Crippen molar-refractivity contribution in [1.82, 2.24) is 4.98 Å². The number of carbonyl (C=O) groups excluding carboxylic acids is 1. The van der Waals surface area contributed by atoms with Gasteiger partial charge >= 0.3 is 5.97 Å². The summed E-state index contributed by atoms with van der Waals surface area (Å²) in [5.74, 6) is 0.00387. The van der Waals surface area contributed by atoms with Crippen LogP contribution in [0.25, 0.3) is 33.3 Å². The Morgan fingerprint density at radius 1 is 0.967 bits per heavy atom. The number of benzene rings is 3. The van der Waals surface area contributed by atoms with Crippen molar-refractivity contribution in [2.24, 2.45) is 0 Å². The van der Waals surface area contributed by atoms with Gasteiger partial charge < -0.3 is 4.74 Å². The molecule has 4 rings (SSSR count). The molecule has 0 amide bonds. The Hall–Kier alpha value is -2.63. The van der Waals surface area contributed by atoms with E-state index in [4.69, 9.17) is 9.72 Å². The molecule has 3 aromatic carbocycles. The van der Waals surface area contributed by atoms with Crippen molar-refractivity contribution in [3.63, 3.8) is 0 Å². The standard InChI is InChI=1S/C25H20BrNO2S/c1-2-29-22(28)16-30-25-23(17-9-5-3-6-10-17)20-15-19(26)13-14-21(20)27-24(25)18-11-7-4-8-12-18/h3-15H,2,16H2,1H3. The zero-order chi connectivity index (χ0) is 20.9. The van der Waals surface area contributed by atoms with Crippen LogP contribution < -0.4 is 0 Å². The predicted octanol–water partition coefficient (Wildman–Crippen LogP) is 6.99. The lowest BCUT2D eigenvalue weighted by Crippen LogP contribution is -2.07. The minimum absolute atomic E-state index is 0.227. The molecule has 0 aliphatic carbocycles. The van der Waals surface area contributed by atoms with Gasteiger partial charge in [-0.2, -0.15) is 0 Å². The molecule has 1 aromatic heterocycles. The first kappa shape index (κ1) is 20.6. The van der Waals surface area contributed by atoms with Crippen LogP contribution in [-0.2, 0) is 9.53 Å². The normalized spacial score (nSPS) is 10.9. The van der Waals surface area contributed by atoms with E-state index in [1.165, 1.54) is 11.8 Å². The number of hydrogen-bond acceptors (Lipinski definition) is 4. The first-order valence-electron chi connectivity index (χ1n) is 9.70. The summed E-state index contributed by atoms with van der Waals surface area (Å²) in [4.78, 5) is 18.1. The van der Waals surface area contributed by atoms with Gasteiger partial charge in [-0.05, 0) is 30.7 Å².